The molecule has 0 atom stereocenters. The van der Waals surface area contributed by atoms with Gasteiger partial charge in [0.1, 0.15) is 0 Å². The highest BCUT2D eigenvalue weighted by atomic mass is 32.2. The Balaban J connectivity index is 3.15. The van der Waals surface area contributed by atoms with Gasteiger partial charge in [-0.1, -0.05) is 0 Å². The van der Waals surface area contributed by atoms with Crippen LogP contribution in [0.25, 0.3) is 0 Å². The van der Waals surface area contributed by atoms with Crippen LogP contribution in [0.15, 0.2) is 34.1 Å². The number of rotatable bonds is 4. The highest BCUT2D eigenvalue weighted by Crippen LogP contribution is 2.15. The van der Waals surface area contributed by atoms with Crippen molar-refractivity contribution in [2.75, 3.05) is 18.6 Å². The second kappa shape index (κ2) is 4.52. The molecule has 0 amide bonds. The van der Waals surface area contributed by atoms with E-state index >= 15 is 0 Å². The van der Waals surface area contributed by atoms with Gasteiger partial charge in [0, 0.05) is 12.8 Å². The predicted octanol–water partition coefficient (Wildman–Crippen LogP) is -0.177. The molecule has 1 aromatic carbocycles. The van der Waals surface area contributed by atoms with Crippen LogP contribution in [0.2, 0.25) is 0 Å². The van der Waals surface area contributed by atoms with Gasteiger partial charge in [-0.15, -0.1) is 0 Å². The number of hydrogen-bond acceptors (Lipinski definition) is 5. The maximum Gasteiger partial charge on any atom is 0.179 e. The van der Waals surface area contributed by atoms with Crippen LogP contribution >= 0.6 is 0 Å². The minimum Gasteiger partial charge on any atom is -0.329 e. The first-order chi connectivity index (χ1) is 7.27. The summed E-state index contributed by atoms with van der Waals surface area (Å²) in [5.41, 5.74) is 5.18. The lowest BCUT2D eigenvalue weighted by Gasteiger charge is -2.03. The van der Waals surface area contributed by atoms with Gasteiger partial charge in [-0.25, -0.2) is 16.8 Å². The van der Waals surface area contributed by atoms with Crippen LogP contribution in [-0.2, 0) is 19.7 Å². The molecule has 7 heteroatoms. The summed E-state index contributed by atoms with van der Waals surface area (Å²) in [6, 6.07) is 5.11. The zero-order valence-electron chi connectivity index (χ0n) is 8.75. The van der Waals surface area contributed by atoms with Crippen LogP contribution in [0, 0.1) is 0 Å². The lowest BCUT2D eigenvalue weighted by atomic mass is 10.4. The Morgan fingerprint density at radius 1 is 1.00 bits per heavy atom. The summed E-state index contributed by atoms with van der Waals surface area (Å²) in [4.78, 5) is 0.185. The Kier molecular flexibility index (Phi) is 3.72. The minimum absolute atomic E-state index is 0.0379. The third-order valence-electron chi connectivity index (χ3n) is 2.00. The predicted molar refractivity (Wildman–Crippen MR) is 60.7 cm³/mol. The Bertz CT molecular complexity index is 558. The van der Waals surface area contributed by atoms with Crippen molar-refractivity contribution in [2.24, 2.45) is 5.73 Å². The quantitative estimate of drug-likeness (QED) is 0.813. The Morgan fingerprint density at radius 3 is 1.81 bits per heavy atom. The summed E-state index contributed by atoms with van der Waals surface area (Å²) >= 11 is 0. The highest BCUT2D eigenvalue weighted by Gasteiger charge is 2.14. The average Bonchev–Trinajstić information content (AvgIpc) is 2.16. The van der Waals surface area contributed by atoms with Crippen molar-refractivity contribution >= 4 is 19.7 Å². The van der Waals surface area contributed by atoms with Crippen LogP contribution in [0.4, 0.5) is 0 Å². The van der Waals surface area contributed by atoms with Crippen molar-refractivity contribution in [3.63, 3.8) is 0 Å². The van der Waals surface area contributed by atoms with Crippen LogP contribution in [0.3, 0.4) is 0 Å². The molecule has 1 aromatic rings. The Labute approximate surface area is 95.1 Å². The van der Waals surface area contributed by atoms with Gasteiger partial charge in [-0.3, -0.25) is 0 Å². The van der Waals surface area contributed by atoms with Gasteiger partial charge in [0.2, 0.25) is 0 Å². The number of benzene rings is 1. The molecule has 90 valence electrons. The summed E-state index contributed by atoms with van der Waals surface area (Å²) < 4.78 is 45.4. The molecule has 0 aliphatic rings. The molecule has 0 aliphatic heterocycles. The second-order valence-electron chi connectivity index (χ2n) is 3.35. The summed E-state index contributed by atoms with van der Waals surface area (Å²) in [6.07, 6.45) is 1.07. The van der Waals surface area contributed by atoms with E-state index in [-0.39, 0.29) is 22.1 Å². The van der Waals surface area contributed by atoms with Gasteiger partial charge in [0.15, 0.2) is 19.7 Å². The maximum atomic E-state index is 11.6. The van der Waals surface area contributed by atoms with Gasteiger partial charge in [-0.2, -0.15) is 0 Å². The van der Waals surface area contributed by atoms with E-state index < -0.39 is 19.7 Å². The molecule has 0 bridgehead atoms. The van der Waals surface area contributed by atoms with E-state index in [1.807, 2.05) is 0 Å². The molecule has 1 rings (SSSR count). The third kappa shape index (κ3) is 3.03. The second-order valence-corrected chi connectivity index (χ2v) is 7.48. The van der Waals surface area contributed by atoms with Gasteiger partial charge in [0.05, 0.1) is 15.5 Å². The zero-order chi connectivity index (χ0) is 12.4. The molecular formula is C9H13NO4S2. The minimum atomic E-state index is -3.39. The van der Waals surface area contributed by atoms with E-state index in [4.69, 9.17) is 5.73 Å². The number of sulfone groups is 2. The van der Waals surface area contributed by atoms with Crippen LogP contribution in [-0.4, -0.2) is 35.4 Å². The zero-order valence-corrected chi connectivity index (χ0v) is 10.4. The molecule has 0 unspecified atom stereocenters. The SMILES string of the molecule is CS(=O)(=O)c1ccc(S(=O)(=O)CCN)cc1. The molecule has 0 saturated heterocycles. The molecule has 0 radical (unpaired) electrons. The van der Waals surface area contributed by atoms with E-state index in [1.54, 1.807) is 0 Å². The standard InChI is InChI=1S/C9H13NO4S2/c1-15(11,12)8-2-4-9(5-3-8)16(13,14)7-6-10/h2-5H,6-7,10H2,1H3. The Hall–Kier alpha value is -0.920. The summed E-state index contributed by atoms with van der Waals surface area (Å²) in [5.74, 6) is -0.148. The smallest absolute Gasteiger partial charge is 0.179 e. The summed E-state index contributed by atoms with van der Waals surface area (Å²) in [5, 5.41) is 0. The fraction of sp³-hybridized carbons (Fsp3) is 0.333. The molecule has 0 saturated carbocycles. The van der Waals surface area contributed by atoms with Crippen LogP contribution in [0.5, 0.6) is 0 Å². The fourth-order valence-electron chi connectivity index (χ4n) is 1.17. The van der Waals surface area contributed by atoms with E-state index in [2.05, 4.69) is 0 Å². The topological polar surface area (TPSA) is 94.3 Å². The molecule has 16 heavy (non-hydrogen) atoms. The van der Waals surface area contributed by atoms with Gasteiger partial charge < -0.3 is 5.73 Å². The normalized spacial score (nSPS) is 12.6. The Morgan fingerprint density at radius 2 is 1.44 bits per heavy atom. The summed E-state index contributed by atoms with van der Waals surface area (Å²) in [7, 11) is -6.69. The molecule has 5 nitrogen and oxygen atoms in total. The largest absolute Gasteiger partial charge is 0.329 e. The number of hydrogen-bond donors (Lipinski definition) is 1. The van der Waals surface area contributed by atoms with Gasteiger partial charge >= 0.3 is 0 Å². The molecule has 0 aromatic heterocycles. The molecular weight excluding hydrogens is 250 g/mol. The molecule has 2 N–H and O–H groups in total. The third-order valence-corrected chi connectivity index (χ3v) is 4.89. The lowest BCUT2D eigenvalue weighted by Crippen LogP contribution is -2.15. The van der Waals surface area contributed by atoms with Crippen molar-refractivity contribution in [1.29, 1.82) is 0 Å². The van der Waals surface area contributed by atoms with Gasteiger partial charge in [-0.05, 0) is 24.3 Å². The van der Waals surface area contributed by atoms with Crippen molar-refractivity contribution in [3.05, 3.63) is 24.3 Å². The average molecular weight is 263 g/mol. The first kappa shape index (κ1) is 13.1. The van der Waals surface area contributed by atoms with Crippen molar-refractivity contribution < 1.29 is 16.8 Å². The fourth-order valence-corrected chi connectivity index (χ4v) is 2.89. The van der Waals surface area contributed by atoms with Crippen LogP contribution < -0.4 is 5.73 Å². The molecule has 0 aliphatic carbocycles. The van der Waals surface area contributed by atoms with Crippen LogP contribution in [0.1, 0.15) is 0 Å². The monoisotopic (exact) mass is 263 g/mol. The molecule has 0 heterocycles. The van der Waals surface area contributed by atoms with Crippen molar-refractivity contribution in [1.82, 2.24) is 0 Å². The molecule has 0 fully saturated rings. The first-order valence-corrected chi connectivity index (χ1v) is 8.05. The first-order valence-electron chi connectivity index (χ1n) is 4.50. The van der Waals surface area contributed by atoms with Gasteiger partial charge in [0.25, 0.3) is 0 Å². The van der Waals surface area contributed by atoms with Crippen molar-refractivity contribution in [2.45, 2.75) is 9.79 Å². The highest BCUT2D eigenvalue weighted by molar-refractivity contribution is 7.91. The lowest BCUT2D eigenvalue weighted by molar-refractivity contribution is 0.594. The number of nitrogens with two attached hydrogens (primary N) is 1. The van der Waals surface area contributed by atoms with Crippen molar-refractivity contribution in [3.8, 4) is 0 Å². The molecule has 0 spiro atoms. The van der Waals surface area contributed by atoms with E-state index in [0.717, 1.165) is 6.26 Å². The summed E-state index contributed by atoms with van der Waals surface area (Å²) in [6.45, 7) is 0.0379. The maximum absolute atomic E-state index is 11.6. The van der Waals surface area contributed by atoms with E-state index in [1.165, 1.54) is 24.3 Å². The van der Waals surface area contributed by atoms with E-state index in [9.17, 15) is 16.8 Å². The van der Waals surface area contributed by atoms with E-state index in [0.29, 0.717) is 0 Å².